The largest absolute Gasteiger partial charge is 0.513 e. The van der Waals surface area contributed by atoms with Crippen LogP contribution < -0.4 is 16.0 Å². The standard InChI is InChI=1S/C24H23FN4O.C2H7N.CH2O/c1-16-3-5-17(6-4-16)13-27-23(15-30)21-11-19(26-2)12-24-22(21)14-28-29(24)20-9-7-18(25)8-10-20;1-3-2;1-2/h3-12,14-15,26-27,30H,13H2,1-2H3;3H,1-2H3;1H2/b23-15-;;. The van der Waals surface area contributed by atoms with Crippen LogP contribution in [0.2, 0.25) is 0 Å². The number of carbonyl (C=O) groups is 1. The van der Waals surface area contributed by atoms with Gasteiger partial charge in [0.1, 0.15) is 18.9 Å². The van der Waals surface area contributed by atoms with Crippen LogP contribution >= 0.6 is 0 Å². The molecule has 0 radical (unpaired) electrons. The third kappa shape index (κ3) is 6.91. The lowest BCUT2D eigenvalue weighted by molar-refractivity contribution is -0.0980. The molecule has 0 saturated heterocycles. The molecule has 0 saturated carbocycles. The van der Waals surface area contributed by atoms with Crippen molar-refractivity contribution in [3.05, 3.63) is 95.6 Å². The van der Waals surface area contributed by atoms with Crippen LogP contribution in [0.5, 0.6) is 0 Å². The lowest BCUT2D eigenvalue weighted by atomic mass is 10.1. The molecule has 1 heterocycles. The molecule has 0 aliphatic carbocycles. The minimum atomic E-state index is -0.294. The van der Waals surface area contributed by atoms with Crippen molar-refractivity contribution in [1.82, 2.24) is 20.4 Å². The van der Waals surface area contributed by atoms with Crippen LogP contribution in [0.25, 0.3) is 22.3 Å². The second-order valence-electron chi connectivity index (χ2n) is 7.62. The molecule has 7 nitrogen and oxygen atoms in total. The summed E-state index contributed by atoms with van der Waals surface area (Å²) in [6.45, 7) is 4.62. The number of halogens is 1. The van der Waals surface area contributed by atoms with Gasteiger partial charge in [-0.2, -0.15) is 5.10 Å². The van der Waals surface area contributed by atoms with E-state index >= 15 is 0 Å². The van der Waals surface area contributed by atoms with Gasteiger partial charge in [0.15, 0.2) is 0 Å². The molecule has 0 bridgehead atoms. The highest BCUT2D eigenvalue weighted by molar-refractivity contribution is 5.94. The van der Waals surface area contributed by atoms with Crippen LogP contribution in [0.3, 0.4) is 0 Å². The molecule has 0 aliphatic rings. The van der Waals surface area contributed by atoms with Crippen molar-refractivity contribution in [2.24, 2.45) is 0 Å². The molecule has 35 heavy (non-hydrogen) atoms. The molecule has 184 valence electrons. The SMILES string of the molecule is C=O.CNC.CNc1cc(/C(=C/O)NCc2ccc(C)cc2)c2cnn(-c3ccc(F)cc3)c2c1. The molecule has 4 rings (SSSR count). The van der Waals surface area contributed by atoms with E-state index in [1.807, 2.05) is 40.1 Å². The smallest absolute Gasteiger partial charge is 0.123 e. The van der Waals surface area contributed by atoms with Crippen LogP contribution in [0.1, 0.15) is 16.7 Å². The van der Waals surface area contributed by atoms with E-state index in [0.717, 1.165) is 39.7 Å². The number of aromatic nitrogens is 2. The maximum absolute atomic E-state index is 13.3. The second-order valence-corrected chi connectivity index (χ2v) is 7.62. The number of fused-ring (bicyclic) bond motifs is 1. The maximum atomic E-state index is 13.3. The molecule has 0 fully saturated rings. The van der Waals surface area contributed by atoms with E-state index in [2.05, 4.69) is 52.2 Å². The number of hydrogen-bond acceptors (Lipinski definition) is 6. The first kappa shape index (κ1) is 27.1. The van der Waals surface area contributed by atoms with E-state index in [4.69, 9.17) is 4.79 Å². The Morgan fingerprint density at radius 1 is 1.06 bits per heavy atom. The molecular weight excluding hydrogens is 445 g/mol. The van der Waals surface area contributed by atoms with Crippen molar-refractivity contribution in [2.75, 3.05) is 26.5 Å². The molecule has 0 unspecified atom stereocenters. The normalized spacial score (nSPS) is 10.6. The molecule has 8 heteroatoms. The van der Waals surface area contributed by atoms with Crippen molar-refractivity contribution >= 4 is 29.1 Å². The summed E-state index contributed by atoms with van der Waals surface area (Å²) in [5.74, 6) is -0.294. The fourth-order valence-electron chi connectivity index (χ4n) is 3.40. The van der Waals surface area contributed by atoms with E-state index in [0.29, 0.717) is 12.2 Å². The summed E-state index contributed by atoms with van der Waals surface area (Å²) in [4.78, 5) is 8.00. The van der Waals surface area contributed by atoms with Gasteiger partial charge in [-0.05, 0) is 63.0 Å². The van der Waals surface area contributed by atoms with Gasteiger partial charge in [0.05, 0.1) is 23.1 Å². The molecule has 4 aromatic rings. The van der Waals surface area contributed by atoms with E-state index in [9.17, 15) is 9.50 Å². The maximum Gasteiger partial charge on any atom is 0.123 e. The molecule has 1 aromatic heterocycles. The van der Waals surface area contributed by atoms with Gasteiger partial charge >= 0.3 is 0 Å². The molecule has 0 atom stereocenters. The zero-order valence-electron chi connectivity index (χ0n) is 20.5. The molecular formula is C27H32FN5O2. The van der Waals surface area contributed by atoms with Crippen LogP contribution in [0.15, 0.2) is 73.1 Å². The van der Waals surface area contributed by atoms with Gasteiger partial charge in [-0.25, -0.2) is 9.07 Å². The summed E-state index contributed by atoms with van der Waals surface area (Å²) in [5, 5.41) is 24.6. The van der Waals surface area contributed by atoms with E-state index in [1.165, 1.54) is 17.7 Å². The lowest BCUT2D eigenvalue weighted by Crippen LogP contribution is -2.12. The fourth-order valence-corrected chi connectivity index (χ4v) is 3.40. The summed E-state index contributed by atoms with van der Waals surface area (Å²) in [6.07, 6.45) is 2.84. The molecule has 3 aromatic carbocycles. The highest BCUT2D eigenvalue weighted by Crippen LogP contribution is 2.30. The molecule has 0 amide bonds. The quantitative estimate of drug-likeness (QED) is 0.298. The first-order valence-electron chi connectivity index (χ1n) is 11.0. The Labute approximate surface area is 205 Å². The average molecular weight is 478 g/mol. The first-order chi connectivity index (χ1) is 17.0. The molecule has 4 N–H and O–H groups in total. The van der Waals surface area contributed by atoms with Crippen molar-refractivity contribution in [3.63, 3.8) is 0 Å². The Morgan fingerprint density at radius 2 is 1.69 bits per heavy atom. The van der Waals surface area contributed by atoms with Gasteiger partial charge in [0.25, 0.3) is 0 Å². The van der Waals surface area contributed by atoms with Crippen LogP contribution in [-0.2, 0) is 11.3 Å². The zero-order chi connectivity index (χ0) is 25.8. The highest BCUT2D eigenvalue weighted by Gasteiger charge is 2.14. The second kappa shape index (κ2) is 13.5. The summed E-state index contributed by atoms with van der Waals surface area (Å²) in [6, 6.07) is 18.4. The summed E-state index contributed by atoms with van der Waals surface area (Å²) >= 11 is 0. The number of hydrogen-bond donors (Lipinski definition) is 4. The number of benzene rings is 3. The molecule has 0 aliphatic heterocycles. The lowest BCUT2D eigenvalue weighted by Gasteiger charge is -2.14. The van der Waals surface area contributed by atoms with Gasteiger partial charge in [-0.15, -0.1) is 0 Å². The predicted octanol–water partition coefficient (Wildman–Crippen LogP) is 4.81. The van der Waals surface area contributed by atoms with Crippen molar-refractivity contribution < 1.29 is 14.3 Å². The predicted molar refractivity (Wildman–Crippen MR) is 141 cm³/mol. The number of nitrogens with one attached hydrogen (secondary N) is 3. The Bertz CT molecular complexity index is 1240. The Hall–Kier alpha value is -4.17. The van der Waals surface area contributed by atoms with Crippen LogP contribution in [0, 0.1) is 12.7 Å². The zero-order valence-corrected chi connectivity index (χ0v) is 20.5. The van der Waals surface area contributed by atoms with Gasteiger partial charge < -0.3 is 25.9 Å². The topological polar surface area (TPSA) is 91.2 Å². The number of carbonyl (C=O) groups excluding carboxylic acids is 1. The van der Waals surface area contributed by atoms with Gasteiger partial charge in [-0.1, -0.05) is 29.8 Å². The highest BCUT2D eigenvalue weighted by atomic mass is 19.1. The minimum absolute atomic E-state index is 0.294. The van der Waals surface area contributed by atoms with Gasteiger partial charge in [-0.3, -0.25) is 0 Å². The van der Waals surface area contributed by atoms with Crippen molar-refractivity contribution in [3.8, 4) is 5.69 Å². The third-order valence-corrected chi connectivity index (χ3v) is 5.07. The van der Waals surface area contributed by atoms with Crippen LogP contribution in [-0.4, -0.2) is 42.8 Å². The first-order valence-corrected chi connectivity index (χ1v) is 11.0. The van der Waals surface area contributed by atoms with Gasteiger partial charge in [0.2, 0.25) is 0 Å². The number of nitrogens with zero attached hydrogens (tertiary/aromatic N) is 2. The number of aliphatic hydroxyl groups excluding tert-OH is 1. The number of aliphatic hydroxyl groups is 1. The summed E-state index contributed by atoms with van der Waals surface area (Å²) < 4.78 is 15.1. The summed E-state index contributed by atoms with van der Waals surface area (Å²) in [7, 11) is 5.59. The Morgan fingerprint density at radius 3 is 2.26 bits per heavy atom. The summed E-state index contributed by atoms with van der Waals surface area (Å²) in [5.41, 5.74) is 6.21. The Kier molecular flexibility index (Phi) is 10.5. The third-order valence-electron chi connectivity index (χ3n) is 5.07. The van der Waals surface area contributed by atoms with E-state index in [1.54, 1.807) is 23.0 Å². The van der Waals surface area contributed by atoms with E-state index in [-0.39, 0.29) is 5.82 Å². The van der Waals surface area contributed by atoms with Crippen molar-refractivity contribution in [2.45, 2.75) is 13.5 Å². The average Bonchev–Trinajstić information content (AvgIpc) is 3.31. The monoisotopic (exact) mass is 477 g/mol. The van der Waals surface area contributed by atoms with E-state index < -0.39 is 0 Å². The number of anilines is 1. The molecule has 0 spiro atoms. The van der Waals surface area contributed by atoms with Gasteiger partial charge in [0, 0.05) is 30.2 Å². The Balaban J connectivity index is 0.000000803. The number of rotatable bonds is 6. The fraction of sp³-hybridized carbons (Fsp3) is 0.185. The number of aryl methyl sites for hydroxylation is 1. The van der Waals surface area contributed by atoms with Crippen LogP contribution in [0.4, 0.5) is 10.1 Å². The van der Waals surface area contributed by atoms with Crippen molar-refractivity contribution in [1.29, 1.82) is 0 Å². The minimum Gasteiger partial charge on any atom is -0.513 e.